The van der Waals surface area contributed by atoms with Crippen LogP contribution in [-0.2, 0) is 0 Å². The van der Waals surface area contributed by atoms with Gasteiger partial charge in [0.05, 0.1) is 6.04 Å². The molecule has 2 fully saturated rings. The van der Waals surface area contributed by atoms with E-state index >= 15 is 0 Å². The van der Waals surface area contributed by atoms with Gasteiger partial charge in [-0.15, -0.1) is 11.8 Å². The summed E-state index contributed by atoms with van der Waals surface area (Å²) in [6.07, 6.45) is 12.6. The largest absolute Gasteiger partial charge is 0.325 e. The van der Waals surface area contributed by atoms with Gasteiger partial charge in [0.25, 0.3) is 0 Å². The van der Waals surface area contributed by atoms with Crippen LogP contribution in [0.4, 0.5) is 0 Å². The molecular weight excluding hydrogens is 260 g/mol. The van der Waals surface area contributed by atoms with Gasteiger partial charge in [-0.2, -0.15) is 0 Å². The fraction of sp³-hybridized carbons (Fsp3) is 0.929. The van der Waals surface area contributed by atoms with E-state index in [2.05, 4.69) is 6.26 Å². The van der Waals surface area contributed by atoms with E-state index in [0.717, 1.165) is 11.2 Å². The predicted octanol–water partition coefficient (Wildman–Crippen LogP) is 3.65. The van der Waals surface area contributed by atoms with Gasteiger partial charge in [-0.05, 0) is 50.7 Å². The Balaban J connectivity index is 1.68. The zero-order valence-corrected chi connectivity index (χ0v) is 12.9. The molecule has 18 heavy (non-hydrogen) atoms. The molecule has 0 aromatic carbocycles. The molecule has 0 bridgehead atoms. The number of thioether (sulfide) groups is 2. The lowest BCUT2D eigenvalue weighted by atomic mass is 9.78. The van der Waals surface area contributed by atoms with E-state index in [4.69, 9.17) is 10.7 Å². The highest BCUT2D eigenvalue weighted by Gasteiger charge is 2.42. The second kappa shape index (κ2) is 5.37. The van der Waals surface area contributed by atoms with E-state index < -0.39 is 0 Å². The molecule has 2 saturated carbocycles. The minimum Gasteiger partial charge on any atom is -0.325 e. The first-order chi connectivity index (χ1) is 8.71. The highest BCUT2D eigenvalue weighted by Crippen LogP contribution is 2.45. The highest BCUT2D eigenvalue weighted by atomic mass is 32.2. The van der Waals surface area contributed by atoms with E-state index in [0.29, 0.717) is 6.04 Å². The third-order valence-electron chi connectivity index (χ3n) is 5.10. The lowest BCUT2D eigenvalue weighted by Gasteiger charge is -2.34. The van der Waals surface area contributed by atoms with Crippen molar-refractivity contribution in [1.29, 1.82) is 0 Å². The Hall–Kier alpha value is 0.330. The van der Waals surface area contributed by atoms with Crippen molar-refractivity contribution in [2.24, 2.45) is 16.6 Å². The lowest BCUT2D eigenvalue weighted by molar-refractivity contribution is 0.241. The molecule has 0 aromatic heterocycles. The number of hydrogen-bond acceptors (Lipinski definition) is 4. The summed E-state index contributed by atoms with van der Waals surface area (Å²) >= 11 is 3.82. The molecule has 0 saturated heterocycles. The van der Waals surface area contributed by atoms with Crippen LogP contribution in [-0.4, -0.2) is 27.5 Å². The van der Waals surface area contributed by atoms with Crippen LogP contribution in [0.25, 0.3) is 0 Å². The zero-order valence-electron chi connectivity index (χ0n) is 11.2. The van der Waals surface area contributed by atoms with Gasteiger partial charge in [0.2, 0.25) is 0 Å². The third kappa shape index (κ3) is 2.48. The van der Waals surface area contributed by atoms with Gasteiger partial charge in [-0.25, -0.2) is 0 Å². The molecule has 102 valence electrons. The molecule has 2 aliphatic carbocycles. The molecule has 1 aliphatic heterocycles. The quantitative estimate of drug-likeness (QED) is 0.799. The Bertz CT molecular complexity index is 339. The van der Waals surface area contributed by atoms with Crippen molar-refractivity contribution in [2.75, 3.05) is 6.26 Å². The number of nitrogens with zero attached hydrogens (tertiary/aromatic N) is 1. The first kappa shape index (κ1) is 13.3. The zero-order chi connectivity index (χ0) is 12.6. The van der Waals surface area contributed by atoms with Crippen molar-refractivity contribution in [2.45, 2.75) is 68.2 Å². The van der Waals surface area contributed by atoms with Gasteiger partial charge in [0.1, 0.15) is 4.38 Å². The van der Waals surface area contributed by atoms with Gasteiger partial charge in [-0.1, -0.05) is 24.6 Å². The molecule has 0 amide bonds. The first-order valence-electron chi connectivity index (χ1n) is 7.28. The van der Waals surface area contributed by atoms with Crippen molar-refractivity contribution >= 4 is 27.9 Å². The average molecular weight is 284 g/mol. The van der Waals surface area contributed by atoms with Crippen LogP contribution in [0.1, 0.15) is 51.4 Å². The summed E-state index contributed by atoms with van der Waals surface area (Å²) in [5, 5.41) is 0.722. The van der Waals surface area contributed by atoms with Crippen LogP contribution in [0.5, 0.6) is 0 Å². The molecule has 3 aliphatic rings. The standard InChI is InChI=1S/C14H24N2S2/c1-17-13-16-11-6-8-14(15,9-7-12(11)18-13)10-4-2-3-5-10/h10-12H,2-9,15H2,1H3. The van der Waals surface area contributed by atoms with Crippen molar-refractivity contribution in [3.63, 3.8) is 0 Å². The van der Waals surface area contributed by atoms with Crippen molar-refractivity contribution in [1.82, 2.24) is 0 Å². The maximum Gasteiger partial charge on any atom is 0.124 e. The van der Waals surface area contributed by atoms with Crippen LogP contribution >= 0.6 is 23.5 Å². The lowest BCUT2D eigenvalue weighted by Crippen LogP contribution is -2.45. The molecule has 4 heteroatoms. The minimum absolute atomic E-state index is 0.135. The normalized spacial score (nSPS) is 41.6. The molecule has 3 unspecified atom stereocenters. The minimum atomic E-state index is 0.135. The fourth-order valence-electron chi connectivity index (χ4n) is 3.92. The van der Waals surface area contributed by atoms with Crippen LogP contribution in [0.3, 0.4) is 0 Å². The summed E-state index contributed by atoms with van der Waals surface area (Å²) in [6.45, 7) is 0. The summed E-state index contributed by atoms with van der Waals surface area (Å²) in [6, 6.07) is 0.560. The molecule has 3 rings (SSSR count). The number of fused-ring (bicyclic) bond motifs is 1. The predicted molar refractivity (Wildman–Crippen MR) is 83.5 cm³/mol. The maximum absolute atomic E-state index is 6.77. The molecule has 2 N–H and O–H groups in total. The van der Waals surface area contributed by atoms with Gasteiger partial charge in [0.15, 0.2) is 0 Å². The molecule has 1 heterocycles. The van der Waals surface area contributed by atoms with Gasteiger partial charge in [-0.3, -0.25) is 4.99 Å². The van der Waals surface area contributed by atoms with Crippen LogP contribution < -0.4 is 5.73 Å². The molecule has 0 spiro atoms. The maximum atomic E-state index is 6.77. The average Bonchev–Trinajstić information content (AvgIpc) is 3.01. The van der Waals surface area contributed by atoms with Crippen molar-refractivity contribution < 1.29 is 0 Å². The van der Waals surface area contributed by atoms with E-state index in [1.807, 2.05) is 23.5 Å². The summed E-state index contributed by atoms with van der Waals surface area (Å²) in [5.74, 6) is 0.797. The number of rotatable bonds is 1. The molecule has 2 nitrogen and oxygen atoms in total. The van der Waals surface area contributed by atoms with E-state index in [9.17, 15) is 0 Å². The second-order valence-corrected chi connectivity index (χ2v) is 8.40. The van der Waals surface area contributed by atoms with Gasteiger partial charge < -0.3 is 5.73 Å². The highest BCUT2D eigenvalue weighted by molar-refractivity contribution is 8.39. The van der Waals surface area contributed by atoms with E-state index in [1.165, 1.54) is 55.7 Å². The summed E-state index contributed by atoms with van der Waals surface area (Å²) in [5.41, 5.74) is 6.91. The summed E-state index contributed by atoms with van der Waals surface area (Å²) < 4.78 is 1.30. The Morgan fingerprint density at radius 3 is 2.67 bits per heavy atom. The Kier molecular flexibility index (Phi) is 3.98. The van der Waals surface area contributed by atoms with E-state index in [1.54, 1.807) is 0 Å². The van der Waals surface area contributed by atoms with Crippen LogP contribution in [0.2, 0.25) is 0 Å². The third-order valence-corrected chi connectivity index (χ3v) is 7.50. The van der Waals surface area contributed by atoms with Gasteiger partial charge >= 0.3 is 0 Å². The van der Waals surface area contributed by atoms with Crippen molar-refractivity contribution in [3.8, 4) is 0 Å². The number of aliphatic imine (C=N–C) groups is 1. The molecule has 3 atom stereocenters. The SMILES string of the molecule is CSC1=NC2CCC(N)(C3CCCC3)CCC2S1. The summed E-state index contributed by atoms with van der Waals surface area (Å²) in [7, 11) is 0. The molecule has 0 aromatic rings. The molecule has 0 radical (unpaired) electrons. The van der Waals surface area contributed by atoms with Crippen molar-refractivity contribution in [3.05, 3.63) is 0 Å². The number of nitrogens with two attached hydrogens (primary N) is 1. The van der Waals surface area contributed by atoms with E-state index in [-0.39, 0.29) is 5.54 Å². The second-order valence-electron chi connectivity index (χ2n) is 6.11. The smallest absolute Gasteiger partial charge is 0.124 e. The number of hydrogen-bond donors (Lipinski definition) is 1. The van der Waals surface area contributed by atoms with Crippen LogP contribution in [0.15, 0.2) is 4.99 Å². The fourth-order valence-corrected chi connectivity index (χ4v) is 5.96. The topological polar surface area (TPSA) is 38.4 Å². The monoisotopic (exact) mass is 284 g/mol. The van der Waals surface area contributed by atoms with Crippen LogP contribution in [0, 0.1) is 5.92 Å². The molecular formula is C14H24N2S2. The first-order valence-corrected chi connectivity index (χ1v) is 9.39. The summed E-state index contributed by atoms with van der Waals surface area (Å²) in [4.78, 5) is 4.87. The Morgan fingerprint density at radius 2 is 1.94 bits per heavy atom. The van der Waals surface area contributed by atoms with Gasteiger partial charge in [0, 0.05) is 10.8 Å². The Morgan fingerprint density at radius 1 is 1.22 bits per heavy atom. The Labute approximate surface area is 119 Å².